The Balaban J connectivity index is 2.05. The molecule has 148 valence electrons. The maximum Gasteiger partial charge on any atom is 0.325 e. The topological polar surface area (TPSA) is 49.8 Å². The van der Waals surface area contributed by atoms with Crippen LogP contribution in [0.3, 0.4) is 0 Å². The number of hydrogen-bond donors (Lipinski definition) is 1. The van der Waals surface area contributed by atoms with Gasteiger partial charge in [-0.05, 0) is 23.1 Å². The second kappa shape index (κ2) is 8.19. The number of carbonyl (C=O) groups is 1. The highest BCUT2D eigenvalue weighted by Crippen LogP contribution is 2.46. The van der Waals surface area contributed by atoms with Gasteiger partial charge in [-0.1, -0.05) is 91.0 Å². The van der Waals surface area contributed by atoms with E-state index in [4.69, 9.17) is 4.74 Å². The van der Waals surface area contributed by atoms with Crippen LogP contribution in [0.1, 0.15) is 23.1 Å². The van der Waals surface area contributed by atoms with Gasteiger partial charge in [-0.3, -0.25) is 9.69 Å². The summed E-state index contributed by atoms with van der Waals surface area (Å²) in [6, 6.07) is 29.8. The van der Waals surface area contributed by atoms with Gasteiger partial charge in [0.15, 0.2) is 0 Å². The molecule has 1 N–H and O–H groups in total. The number of ether oxygens (including phenoxy) is 1. The van der Waals surface area contributed by atoms with Crippen LogP contribution in [0.25, 0.3) is 0 Å². The van der Waals surface area contributed by atoms with Crippen molar-refractivity contribution >= 4 is 5.97 Å². The smallest absolute Gasteiger partial charge is 0.325 e. The molecule has 0 saturated carbocycles. The molecule has 4 heteroatoms. The number of likely N-dealkylation sites (tertiary alicyclic amines) is 1. The molecule has 3 aromatic rings. The Morgan fingerprint density at radius 1 is 0.862 bits per heavy atom. The lowest BCUT2D eigenvalue weighted by Gasteiger charge is -2.46. The van der Waals surface area contributed by atoms with E-state index in [0.29, 0.717) is 13.0 Å². The lowest BCUT2D eigenvalue weighted by molar-refractivity contribution is -0.150. The SMILES string of the molecule is COC(=O)[C@@H]1[C@@H](O)CCN1C(c1ccccc1)(c1ccccc1)c1ccccc1. The standard InChI is InChI=1S/C25H25NO3/c1-29-24(28)23-22(27)17-18-26(23)25(19-11-5-2-6-12-19,20-13-7-3-8-14-20)21-15-9-4-10-16-21/h2-16,22-23,27H,17-18H2,1H3/t22-,23-/m0/s1. The zero-order chi connectivity index (χ0) is 20.3. The molecule has 0 aliphatic carbocycles. The van der Waals surface area contributed by atoms with Gasteiger partial charge in [0.05, 0.1) is 18.8 Å². The van der Waals surface area contributed by atoms with Crippen LogP contribution in [0.2, 0.25) is 0 Å². The van der Waals surface area contributed by atoms with Crippen LogP contribution in [0, 0.1) is 0 Å². The van der Waals surface area contributed by atoms with E-state index < -0.39 is 23.7 Å². The van der Waals surface area contributed by atoms with E-state index >= 15 is 0 Å². The first-order valence-electron chi connectivity index (χ1n) is 9.89. The molecule has 29 heavy (non-hydrogen) atoms. The van der Waals surface area contributed by atoms with Crippen molar-refractivity contribution < 1.29 is 14.6 Å². The highest BCUT2D eigenvalue weighted by Gasteiger charge is 2.52. The minimum Gasteiger partial charge on any atom is -0.468 e. The third kappa shape index (κ3) is 3.24. The monoisotopic (exact) mass is 387 g/mol. The van der Waals surface area contributed by atoms with Crippen LogP contribution in [-0.4, -0.2) is 41.8 Å². The summed E-state index contributed by atoms with van der Waals surface area (Å²) in [5.74, 6) is -0.415. The van der Waals surface area contributed by atoms with E-state index in [9.17, 15) is 9.90 Å². The summed E-state index contributed by atoms with van der Waals surface area (Å²) in [7, 11) is 1.38. The highest BCUT2D eigenvalue weighted by molar-refractivity contribution is 5.77. The van der Waals surface area contributed by atoms with Gasteiger partial charge in [0.2, 0.25) is 0 Å². The van der Waals surface area contributed by atoms with Gasteiger partial charge in [-0.15, -0.1) is 0 Å². The van der Waals surface area contributed by atoms with Crippen molar-refractivity contribution in [2.45, 2.75) is 24.1 Å². The number of methoxy groups -OCH3 is 1. The van der Waals surface area contributed by atoms with Crippen LogP contribution >= 0.6 is 0 Å². The van der Waals surface area contributed by atoms with Gasteiger partial charge in [-0.2, -0.15) is 0 Å². The van der Waals surface area contributed by atoms with Gasteiger partial charge in [0.25, 0.3) is 0 Å². The van der Waals surface area contributed by atoms with Crippen molar-refractivity contribution in [3.63, 3.8) is 0 Å². The fourth-order valence-corrected chi connectivity index (χ4v) is 4.59. The summed E-state index contributed by atoms with van der Waals surface area (Å²) in [5, 5.41) is 10.7. The van der Waals surface area contributed by atoms with E-state index in [2.05, 4.69) is 41.3 Å². The lowest BCUT2D eigenvalue weighted by Crippen LogP contribution is -2.55. The van der Waals surface area contributed by atoms with Gasteiger partial charge >= 0.3 is 5.97 Å². The van der Waals surface area contributed by atoms with Crippen molar-refractivity contribution in [1.29, 1.82) is 0 Å². The van der Waals surface area contributed by atoms with Crippen molar-refractivity contribution in [1.82, 2.24) is 4.90 Å². The lowest BCUT2D eigenvalue weighted by atomic mass is 9.75. The first-order chi connectivity index (χ1) is 14.2. The quantitative estimate of drug-likeness (QED) is 0.537. The van der Waals surface area contributed by atoms with E-state index in [1.165, 1.54) is 7.11 Å². The van der Waals surface area contributed by atoms with Crippen LogP contribution in [0.4, 0.5) is 0 Å². The van der Waals surface area contributed by atoms with Crippen LogP contribution < -0.4 is 0 Å². The molecule has 2 atom stereocenters. The van der Waals surface area contributed by atoms with Gasteiger partial charge in [-0.25, -0.2) is 0 Å². The first kappa shape index (κ1) is 19.4. The predicted octanol–water partition coefficient (Wildman–Crippen LogP) is 3.59. The molecule has 1 heterocycles. The second-order valence-corrected chi connectivity index (χ2v) is 7.33. The normalized spacial score (nSPS) is 19.8. The number of hydrogen-bond acceptors (Lipinski definition) is 4. The molecule has 0 spiro atoms. The Hall–Kier alpha value is -2.95. The molecule has 1 fully saturated rings. The van der Waals surface area contributed by atoms with Crippen LogP contribution in [0.15, 0.2) is 91.0 Å². The highest BCUT2D eigenvalue weighted by atomic mass is 16.5. The van der Waals surface area contributed by atoms with Gasteiger partial charge < -0.3 is 9.84 Å². The van der Waals surface area contributed by atoms with E-state index in [1.807, 2.05) is 54.6 Å². The summed E-state index contributed by atoms with van der Waals surface area (Å²) < 4.78 is 5.10. The van der Waals surface area contributed by atoms with E-state index in [1.54, 1.807) is 0 Å². The van der Waals surface area contributed by atoms with Crippen LogP contribution in [-0.2, 0) is 15.1 Å². The number of benzene rings is 3. The minimum atomic E-state index is -0.780. The molecule has 3 aromatic carbocycles. The zero-order valence-electron chi connectivity index (χ0n) is 16.4. The van der Waals surface area contributed by atoms with Crippen molar-refractivity contribution in [2.24, 2.45) is 0 Å². The minimum absolute atomic E-state index is 0.415. The van der Waals surface area contributed by atoms with Crippen molar-refractivity contribution in [3.05, 3.63) is 108 Å². The molecule has 0 aromatic heterocycles. The summed E-state index contributed by atoms with van der Waals surface area (Å²) in [4.78, 5) is 14.9. The molecule has 0 amide bonds. The molecule has 1 aliphatic rings. The average Bonchev–Trinajstić information content (AvgIpc) is 3.18. The summed E-state index contributed by atoms with van der Waals surface area (Å²) in [6.45, 7) is 0.569. The Kier molecular flexibility index (Phi) is 5.47. The van der Waals surface area contributed by atoms with Crippen molar-refractivity contribution in [2.75, 3.05) is 13.7 Å². The Morgan fingerprint density at radius 2 is 1.28 bits per heavy atom. The van der Waals surface area contributed by atoms with Gasteiger partial charge in [0, 0.05) is 6.54 Å². The molecule has 4 nitrogen and oxygen atoms in total. The number of aliphatic hydroxyl groups excluding tert-OH is 1. The van der Waals surface area contributed by atoms with Crippen LogP contribution in [0.5, 0.6) is 0 Å². The molecule has 0 unspecified atom stereocenters. The molecule has 1 aliphatic heterocycles. The summed E-state index contributed by atoms with van der Waals surface area (Å²) in [6.07, 6.45) is -0.272. The molecular formula is C25H25NO3. The number of carbonyl (C=O) groups excluding carboxylic acids is 1. The molecule has 0 radical (unpaired) electrons. The van der Waals surface area contributed by atoms with Gasteiger partial charge in [0.1, 0.15) is 6.04 Å². The fraction of sp³-hybridized carbons (Fsp3) is 0.240. The molecule has 4 rings (SSSR count). The van der Waals surface area contributed by atoms with Crippen molar-refractivity contribution in [3.8, 4) is 0 Å². The average molecular weight is 387 g/mol. The third-order valence-electron chi connectivity index (χ3n) is 5.81. The summed E-state index contributed by atoms with van der Waals surface area (Å²) in [5.41, 5.74) is 2.39. The maximum atomic E-state index is 12.8. The molecule has 0 bridgehead atoms. The first-order valence-corrected chi connectivity index (χ1v) is 9.89. The Labute approximate surface area is 171 Å². The number of rotatable bonds is 5. The molecule has 1 saturated heterocycles. The maximum absolute atomic E-state index is 12.8. The molecular weight excluding hydrogens is 362 g/mol. The zero-order valence-corrected chi connectivity index (χ0v) is 16.4. The third-order valence-corrected chi connectivity index (χ3v) is 5.81. The number of nitrogens with zero attached hydrogens (tertiary/aromatic N) is 1. The summed E-state index contributed by atoms with van der Waals surface area (Å²) >= 11 is 0. The van der Waals surface area contributed by atoms with E-state index in [0.717, 1.165) is 16.7 Å². The second-order valence-electron chi connectivity index (χ2n) is 7.33. The Morgan fingerprint density at radius 3 is 1.66 bits per heavy atom. The fourth-order valence-electron chi connectivity index (χ4n) is 4.59. The Bertz CT molecular complexity index is 847. The van der Waals surface area contributed by atoms with E-state index in [-0.39, 0.29) is 0 Å². The number of esters is 1. The largest absolute Gasteiger partial charge is 0.468 e. The predicted molar refractivity (Wildman–Crippen MR) is 112 cm³/mol. The number of aliphatic hydroxyl groups is 1.